The van der Waals surface area contributed by atoms with Crippen LogP contribution in [0.5, 0.6) is 5.75 Å². The lowest BCUT2D eigenvalue weighted by molar-refractivity contribution is 0.0217. The van der Waals surface area contributed by atoms with Gasteiger partial charge in [-0.3, -0.25) is 9.69 Å². The van der Waals surface area contributed by atoms with E-state index in [9.17, 15) is 4.79 Å². The number of thiazole rings is 1. The molecule has 0 spiro atoms. The lowest BCUT2D eigenvalue weighted by atomic mass is 9.79. The number of benzene rings is 1. The van der Waals surface area contributed by atoms with Crippen LogP contribution in [0.15, 0.2) is 30.5 Å². The molecule has 2 bridgehead atoms. The smallest absolute Gasteiger partial charge is 0.280 e. The van der Waals surface area contributed by atoms with Gasteiger partial charge in [-0.05, 0) is 56.5 Å². The lowest BCUT2D eigenvalue weighted by Crippen LogP contribution is -2.62. The number of ether oxygens (including phenoxy) is 1. The zero-order chi connectivity index (χ0) is 17.4. The molecule has 3 fully saturated rings. The van der Waals surface area contributed by atoms with E-state index in [4.69, 9.17) is 4.74 Å². The molecular weight excluding hydrogens is 334 g/mol. The molecule has 1 aromatic heterocycles. The van der Waals surface area contributed by atoms with Crippen LogP contribution in [-0.2, 0) is 0 Å². The fourth-order valence-electron chi connectivity index (χ4n) is 4.05. The van der Waals surface area contributed by atoms with Crippen LogP contribution in [0.2, 0.25) is 0 Å². The van der Waals surface area contributed by atoms with E-state index in [-0.39, 0.29) is 11.9 Å². The molecule has 1 aromatic carbocycles. The van der Waals surface area contributed by atoms with Crippen LogP contribution in [0.3, 0.4) is 0 Å². The van der Waals surface area contributed by atoms with Gasteiger partial charge < -0.3 is 10.1 Å². The highest BCUT2D eigenvalue weighted by Gasteiger charge is 2.40. The zero-order valence-electron chi connectivity index (χ0n) is 14.6. The third-order valence-electron chi connectivity index (χ3n) is 5.53. The van der Waals surface area contributed by atoms with E-state index in [1.165, 1.54) is 24.2 Å². The van der Waals surface area contributed by atoms with Crippen LogP contribution in [0.4, 0.5) is 0 Å². The minimum absolute atomic E-state index is 0.0512. The highest BCUT2D eigenvalue weighted by Crippen LogP contribution is 2.33. The first-order chi connectivity index (χ1) is 12.2. The number of aromatic nitrogens is 1. The van der Waals surface area contributed by atoms with Gasteiger partial charge in [0.1, 0.15) is 5.75 Å². The Morgan fingerprint density at radius 3 is 2.88 bits per heavy atom. The molecule has 2 atom stereocenters. The summed E-state index contributed by atoms with van der Waals surface area (Å²) in [7, 11) is 1.65. The molecule has 0 saturated carbocycles. The van der Waals surface area contributed by atoms with E-state index >= 15 is 0 Å². The van der Waals surface area contributed by atoms with E-state index < -0.39 is 0 Å². The summed E-state index contributed by atoms with van der Waals surface area (Å²) in [6.07, 6.45) is 4.14. The summed E-state index contributed by atoms with van der Waals surface area (Å²) in [5.41, 5.74) is 1.02. The Morgan fingerprint density at radius 2 is 2.16 bits per heavy atom. The molecule has 0 unspecified atom stereocenters. The monoisotopic (exact) mass is 357 g/mol. The second kappa shape index (κ2) is 6.77. The van der Waals surface area contributed by atoms with Gasteiger partial charge in [0.05, 0.1) is 12.0 Å². The second-order valence-electron chi connectivity index (χ2n) is 6.87. The number of nitrogens with zero attached hydrogens (tertiary/aromatic N) is 2. The molecule has 5 nitrogen and oxygen atoms in total. The molecule has 5 rings (SSSR count). The number of carbonyl (C=O) groups is 1. The standard InChI is InChI=1S/C19H23N3O2S/c1-12-17(13-6-8-22(12)9-7-13)21-18(23)19-20-11-16(25-19)14-4-3-5-15(10-14)24-2/h3-5,10-13,17H,6-9H2,1-2H3,(H,21,23)/t12-,17-/m0/s1. The molecule has 3 saturated heterocycles. The summed E-state index contributed by atoms with van der Waals surface area (Å²) >= 11 is 1.43. The van der Waals surface area contributed by atoms with Gasteiger partial charge in [-0.2, -0.15) is 0 Å². The normalized spacial score (nSPS) is 27.9. The highest BCUT2D eigenvalue weighted by atomic mass is 32.1. The van der Waals surface area contributed by atoms with Crippen molar-refractivity contribution in [3.05, 3.63) is 35.5 Å². The van der Waals surface area contributed by atoms with E-state index in [0.717, 1.165) is 29.3 Å². The molecule has 3 aliphatic heterocycles. The van der Waals surface area contributed by atoms with E-state index in [2.05, 4.69) is 22.1 Å². The summed E-state index contributed by atoms with van der Waals surface area (Å²) in [5.74, 6) is 1.35. The predicted octanol–water partition coefficient (Wildman–Crippen LogP) is 3.03. The largest absolute Gasteiger partial charge is 0.497 e. The van der Waals surface area contributed by atoms with Crippen LogP contribution in [0, 0.1) is 5.92 Å². The Morgan fingerprint density at radius 1 is 1.36 bits per heavy atom. The average Bonchev–Trinajstić information content (AvgIpc) is 3.15. The van der Waals surface area contributed by atoms with Crippen molar-refractivity contribution in [3.8, 4) is 16.2 Å². The van der Waals surface area contributed by atoms with Crippen LogP contribution in [-0.4, -0.2) is 48.1 Å². The first kappa shape index (κ1) is 16.5. The van der Waals surface area contributed by atoms with Gasteiger partial charge in [0.25, 0.3) is 5.91 Å². The van der Waals surface area contributed by atoms with Crippen molar-refractivity contribution >= 4 is 17.2 Å². The minimum Gasteiger partial charge on any atom is -0.497 e. The van der Waals surface area contributed by atoms with Crippen molar-refractivity contribution in [2.45, 2.75) is 31.8 Å². The number of hydrogen-bond acceptors (Lipinski definition) is 5. The van der Waals surface area contributed by atoms with Gasteiger partial charge in [-0.1, -0.05) is 12.1 Å². The van der Waals surface area contributed by atoms with Gasteiger partial charge in [-0.25, -0.2) is 4.98 Å². The number of amides is 1. The number of rotatable bonds is 4. The number of piperidine rings is 3. The van der Waals surface area contributed by atoms with Crippen molar-refractivity contribution in [2.24, 2.45) is 5.92 Å². The quantitative estimate of drug-likeness (QED) is 0.914. The molecule has 4 heterocycles. The van der Waals surface area contributed by atoms with Crippen molar-refractivity contribution < 1.29 is 9.53 Å². The van der Waals surface area contributed by atoms with Gasteiger partial charge >= 0.3 is 0 Å². The maximum Gasteiger partial charge on any atom is 0.280 e. The molecule has 0 radical (unpaired) electrons. The van der Waals surface area contributed by atoms with Gasteiger partial charge in [0.15, 0.2) is 5.01 Å². The van der Waals surface area contributed by atoms with E-state index in [1.807, 2.05) is 24.3 Å². The molecule has 6 heteroatoms. The number of carbonyl (C=O) groups excluding carboxylic acids is 1. The van der Waals surface area contributed by atoms with Crippen LogP contribution in [0.25, 0.3) is 10.4 Å². The second-order valence-corrected chi connectivity index (χ2v) is 7.91. The first-order valence-corrected chi connectivity index (χ1v) is 9.62. The summed E-state index contributed by atoms with van der Waals surface area (Å²) in [6.45, 7) is 4.55. The Balaban J connectivity index is 1.49. The Hall–Kier alpha value is -1.92. The Kier molecular flexibility index (Phi) is 4.48. The molecule has 25 heavy (non-hydrogen) atoms. The molecule has 2 aromatic rings. The summed E-state index contributed by atoms with van der Waals surface area (Å²) in [6, 6.07) is 8.47. The number of methoxy groups -OCH3 is 1. The average molecular weight is 357 g/mol. The van der Waals surface area contributed by atoms with Crippen molar-refractivity contribution in [2.75, 3.05) is 20.2 Å². The Bertz CT molecular complexity index is 766. The third kappa shape index (κ3) is 3.16. The van der Waals surface area contributed by atoms with Gasteiger partial charge in [0.2, 0.25) is 0 Å². The first-order valence-electron chi connectivity index (χ1n) is 8.81. The maximum atomic E-state index is 12.7. The number of fused-ring (bicyclic) bond motifs is 3. The summed E-state index contributed by atoms with van der Waals surface area (Å²) in [4.78, 5) is 20.5. The van der Waals surface area contributed by atoms with Crippen molar-refractivity contribution in [1.82, 2.24) is 15.2 Å². The van der Waals surface area contributed by atoms with Gasteiger partial charge in [0, 0.05) is 18.3 Å². The fourth-order valence-corrected chi connectivity index (χ4v) is 4.86. The van der Waals surface area contributed by atoms with Crippen molar-refractivity contribution in [1.29, 1.82) is 0 Å². The summed E-state index contributed by atoms with van der Waals surface area (Å²) in [5, 5.41) is 3.78. The predicted molar refractivity (Wildman–Crippen MR) is 99.1 cm³/mol. The molecule has 1 N–H and O–H groups in total. The van der Waals surface area contributed by atoms with Gasteiger partial charge in [-0.15, -0.1) is 11.3 Å². The zero-order valence-corrected chi connectivity index (χ0v) is 15.4. The summed E-state index contributed by atoms with van der Waals surface area (Å²) < 4.78 is 5.27. The van der Waals surface area contributed by atoms with E-state index in [1.54, 1.807) is 13.3 Å². The molecule has 3 aliphatic rings. The topological polar surface area (TPSA) is 54.5 Å². The van der Waals surface area contributed by atoms with Crippen molar-refractivity contribution in [3.63, 3.8) is 0 Å². The van der Waals surface area contributed by atoms with Crippen LogP contribution in [0.1, 0.15) is 29.6 Å². The molecule has 1 amide bonds. The SMILES string of the molecule is COc1cccc(-c2cnc(C(=O)N[C@@H]3C4CCN(CC4)[C@H]3C)s2)c1. The van der Waals surface area contributed by atoms with Crippen LogP contribution < -0.4 is 10.1 Å². The maximum absolute atomic E-state index is 12.7. The molecular formula is C19H23N3O2S. The fraction of sp³-hybridized carbons (Fsp3) is 0.474. The van der Waals surface area contributed by atoms with E-state index in [0.29, 0.717) is 17.0 Å². The number of hydrogen-bond donors (Lipinski definition) is 1. The third-order valence-corrected chi connectivity index (χ3v) is 6.57. The number of nitrogens with one attached hydrogen (secondary N) is 1. The molecule has 132 valence electrons. The molecule has 0 aliphatic carbocycles. The Labute approximate surface area is 152 Å². The lowest BCUT2D eigenvalue weighted by Gasteiger charge is -2.49. The van der Waals surface area contributed by atoms with Crippen LogP contribution >= 0.6 is 11.3 Å². The minimum atomic E-state index is -0.0512. The highest BCUT2D eigenvalue weighted by molar-refractivity contribution is 7.17.